The van der Waals surface area contributed by atoms with Gasteiger partial charge < -0.3 is 0 Å². The molecule has 0 saturated carbocycles. The fourth-order valence-electron chi connectivity index (χ4n) is 7.04. The van der Waals surface area contributed by atoms with Crippen molar-refractivity contribution in [3.8, 4) is 22.3 Å². The molecule has 9 rings (SSSR count). The van der Waals surface area contributed by atoms with Crippen molar-refractivity contribution < 1.29 is 0 Å². The molecule has 2 aliphatic carbocycles. The summed E-state index contributed by atoms with van der Waals surface area (Å²) in [5.74, 6) is -0.132. The average molecular weight is 537 g/mol. The molecule has 0 unspecified atom stereocenters. The lowest BCUT2D eigenvalue weighted by molar-refractivity contribution is 1.07. The Morgan fingerprint density at radius 2 is 0.690 bits per heavy atom. The van der Waals surface area contributed by atoms with E-state index in [0.717, 1.165) is 34.2 Å². The van der Waals surface area contributed by atoms with Crippen LogP contribution in [-0.2, 0) is 0 Å². The lowest BCUT2D eigenvalue weighted by Crippen LogP contribution is -2.20. The summed E-state index contributed by atoms with van der Waals surface area (Å²) in [4.78, 5) is 20.8. The van der Waals surface area contributed by atoms with E-state index in [1.807, 2.05) is 24.5 Å². The summed E-state index contributed by atoms with van der Waals surface area (Å²) in [7, 11) is 0. The van der Waals surface area contributed by atoms with Crippen LogP contribution in [0, 0.1) is 0 Å². The standard InChI is InChI=1S/C38H24N4/c1-5-15-27-23(11-1)24-12-2-6-16-28(24)33(27)37-35-31(19-9-21-39-35)42-38(36-32(41-37)20-10-22-40-36)34-29-17-7-3-13-25(29)26-14-4-8-18-30(26)34/h1-22,33-34H. The van der Waals surface area contributed by atoms with Gasteiger partial charge in [-0.15, -0.1) is 0 Å². The molecule has 0 saturated heterocycles. The quantitative estimate of drug-likeness (QED) is 0.222. The smallest absolute Gasteiger partial charge is 0.111 e. The van der Waals surface area contributed by atoms with Crippen molar-refractivity contribution in [1.29, 1.82) is 0 Å². The molecule has 2 aromatic heterocycles. The Kier molecular flexibility index (Phi) is 4.99. The fourth-order valence-corrected chi connectivity index (χ4v) is 7.04. The van der Waals surface area contributed by atoms with Crippen LogP contribution in [-0.4, -0.2) is 21.4 Å². The molecule has 0 N–H and O–H groups in total. The summed E-state index contributed by atoms with van der Waals surface area (Å²) in [5.41, 5.74) is 15.0. The highest BCUT2D eigenvalue weighted by atomic mass is 14.9. The molecule has 0 amide bonds. The SMILES string of the molecule is c1cnc2c(c1)N=C(C1c3ccccc3-c3ccccc31)c1ncccc1N=C2C1c2ccccc2-c2ccccc21. The largest absolute Gasteiger partial charge is 0.253 e. The summed E-state index contributed by atoms with van der Waals surface area (Å²) >= 11 is 0. The van der Waals surface area contributed by atoms with E-state index in [9.17, 15) is 0 Å². The third kappa shape index (κ3) is 3.29. The Bertz CT molecular complexity index is 1880. The van der Waals surface area contributed by atoms with Gasteiger partial charge in [0, 0.05) is 12.4 Å². The molecule has 4 aromatic carbocycles. The van der Waals surface area contributed by atoms with Gasteiger partial charge in [0.25, 0.3) is 0 Å². The van der Waals surface area contributed by atoms with Crippen molar-refractivity contribution in [2.75, 3.05) is 0 Å². The van der Waals surface area contributed by atoms with Crippen molar-refractivity contribution in [2.24, 2.45) is 9.98 Å². The number of aliphatic imine (C=N–C) groups is 2. The maximum atomic E-state index is 5.46. The van der Waals surface area contributed by atoms with E-state index in [4.69, 9.17) is 20.0 Å². The van der Waals surface area contributed by atoms with Gasteiger partial charge in [0.2, 0.25) is 0 Å². The molecule has 0 bridgehead atoms. The zero-order chi connectivity index (χ0) is 27.6. The monoisotopic (exact) mass is 536 g/mol. The number of hydrogen-bond acceptors (Lipinski definition) is 4. The van der Waals surface area contributed by atoms with Crippen LogP contribution in [0.5, 0.6) is 0 Å². The molecule has 4 nitrogen and oxygen atoms in total. The molecule has 0 atom stereocenters. The van der Waals surface area contributed by atoms with E-state index < -0.39 is 0 Å². The van der Waals surface area contributed by atoms with Crippen LogP contribution < -0.4 is 0 Å². The first-order valence-corrected chi connectivity index (χ1v) is 14.3. The molecule has 6 aromatic rings. The van der Waals surface area contributed by atoms with Crippen LogP contribution >= 0.6 is 0 Å². The summed E-state index contributed by atoms with van der Waals surface area (Å²) in [6.07, 6.45) is 3.70. The van der Waals surface area contributed by atoms with E-state index in [1.165, 1.54) is 44.5 Å². The zero-order valence-corrected chi connectivity index (χ0v) is 22.6. The number of aromatic nitrogens is 2. The van der Waals surface area contributed by atoms with Gasteiger partial charge in [-0.25, -0.2) is 9.98 Å². The number of benzene rings is 4. The van der Waals surface area contributed by atoms with Gasteiger partial charge in [0.15, 0.2) is 0 Å². The second-order valence-electron chi connectivity index (χ2n) is 11.0. The molecule has 0 spiro atoms. The molecule has 0 radical (unpaired) electrons. The summed E-state index contributed by atoms with van der Waals surface area (Å²) in [6, 6.07) is 42.6. The second-order valence-corrected chi connectivity index (χ2v) is 11.0. The first-order chi connectivity index (χ1) is 20.9. The second kappa shape index (κ2) is 9.02. The molecule has 196 valence electrons. The normalized spacial score (nSPS) is 14.8. The van der Waals surface area contributed by atoms with Crippen LogP contribution in [0.15, 0.2) is 144 Å². The molecular formula is C38H24N4. The number of nitrogens with zero attached hydrogens (tertiary/aromatic N) is 4. The Morgan fingerprint density at radius 3 is 1.05 bits per heavy atom. The number of rotatable bonds is 2. The minimum atomic E-state index is -0.0659. The molecule has 3 heterocycles. The highest BCUT2D eigenvalue weighted by molar-refractivity contribution is 6.18. The first-order valence-electron chi connectivity index (χ1n) is 14.3. The van der Waals surface area contributed by atoms with Crippen molar-refractivity contribution in [1.82, 2.24) is 9.97 Å². The van der Waals surface area contributed by atoms with Crippen molar-refractivity contribution in [2.45, 2.75) is 11.8 Å². The maximum absolute atomic E-state index is 5.46. The van der Waals surface area contributed by atoms with Crippen LogP contribution in [0.3, 0.4) is 0 Å². The Hall–Kier alpha value is -5.48. The third-order valence-electron chi connectivity index (χ3n) is 8.75. The van der Waals surface area contributed by atoms with Gasteiger partial charge in [-0.3, -0.25) is 9.97 Å². The first kappa shape index (κ1) is 23.2. The minimum Gasteiger partial charge on any atom is -0.253 e. The number of hydrogen-bond donors (Lipinski definition) is 0. The summed E-state index contributed by atoms with van der Waals surface area (Å²) in [5, 5.41) is 0. The van der Waals surface area contributed by atoms with Crippen molar-refractivity contribution >= 4 is 22.8 Å². The zero-order valence-electron chi connectivity index (χ0n) is 22.6. The molecule has 42 heavy (non-hydrogen) atoms. The maximum Gasteiger partial charge on any atom is 0.111 e. The molecule has 1 aliphatic heterocycles. The predicted molar refractivity (Wildman–Crippen MR) is 168 cm³/mol. The molecule has 3 aliphatic rings. The van der Waals surface area contributed by atoms with Gasteiger partial charge in [0.05, 0.1) is 34.6 Å². The highest BCUT2D eigenvalue weighted by Gasteiger charge is 2.38. The van der Waals surface area contributed by atoms with E-state index in [0.29, 0.717) is 0 Å². The molecular weight excluding hydrogens is 512 g/mol. The van der Waals surface area contributed by atoms with Crippen molar-refractivity contribution in [3.05, 3.63) is 167 Å². The van der Waals surface area contributed by atoms with Gasteiger partial charge in [-0.05, 0) is 68.8 Å². The van der Waals surface area contributed by atoms with Gasteiger partial charge in [0.1, 0.15) is 11.4 Å². The Labute approximate surface area is 243 Å². The molecule has 0 fully saturated rings. The lowest BCUT2D eigenvalue weighted by Gasteiger charge is -2.23. The Morgan fingerprint density at radius 1 is 0.357 bits per heavy atom. The van der Waals surface area contributed by atoms with E-state index >= 15 is 0 Å². The fraction of sp³-hybridized carbons (Fsp3) is 0.0526. The van der Waals surface area contributed by atoms with E-state index in [-0.39, 0.29) is 11.8 Å². The van der Waals surface area contributed by atoms with Gasteiger partial charge in [-0.2, -0.15) is 0 Å². The van der Waals surface area contributed by atoms with Crippen LogP contribution in [0.4, 0.5) is 11.4 Å². The third-order valence-corrected chi connectivity index (χ3v) is 8.75. The minimum absolute atomic E-state index is 0.0659. The van der Waals surface area contributed by atoms with Gasteiger partial charge >= 0.3 is 0 Å². The van der Waals surface area contributed by atoms with Gasteiger partial charge in [-0.1, -0.05) is 97.1 Å². The predicted octanol–water partition coefficient (Wildman–Crippen LogP) is 8.66. The summed E-state index contributed by atoms with van der Waals surface area (Å²) in [6.45, 7) is 0. The van der Waals surface area contributed by atoms with E-state index in [1.54, 1.807) is 0 Å². The van der Waals surface area contributed by atoms with Crippen LogP contribution in [0.25, 0.3) is 22.3 Å². The van der Waals surface area contributed by atoms with Crippen LogP contribution in [0.2, 0.25) is 0 Å². The number of pyridine rings is 2. The van der Waals surface area contributed by atoms with Crippen LogP contribution in [0.1, 0.15) is 45.5 Å². The number of fused-ring (bicyclic) bond motifs is 8. The summed E-state index contributed by atoms with van der Waals surface area (Å²) < 4.78 is 0. The Balaban J connectivity index is 1.32. The highest BCUT2D eigenvalue weighted by Crippen LogP contribution is 2.50. The molecule has 4 heteroatoms. The van der Waals surface area contributed by atoms with E-state index in [2.05, 4.69) is 109 Å². The van der Waals surface area contributed by atoms with Crippen molar-refractivity contribution in [3.63, 3.8) is 0 Å². The average Bonchev–Trinajstić information content (AvgIpc) is 3.55. The lowest BCUT2D eigenvalue weighted by atomic mass is 9.87. The topological polar surface area (TPSA) is 50.5 Å².